The third-order valence-corrected chi connectivity index (χ3v) is 4.03. The molecular weight excluding hydrogens is 342 g/mol. The van der Waals surface area contributed by atoms with Crippen molar-refractivity contribution < 1.29 is 14.3 Å². The topological polar surface area (TPSA) is 55.4 Å². The molecule has 112 valence electrons. The third-order valence-electron chi connectivity index (χ3n) is 2.41. The van der Waals surface area contributed by atoms with Gasteiger partial charge in [0.15, 0.2) is 0 Å². The summed E-state index contributed by atoms with van der Waals surface area (Å²) in [6.07, 6.45) is 0. The molecule has 1 rings (SSSR count). The first-order valence-electron chi connectivity index (χ1n) is 6.39. The van der Waals surface area contributed by atoms with E-state index in [1.54, 1.807) is 32.9 Å². The summed E-state index contributed by atoms with van der Waals surface area (Å²) in [4.78, 5) is 24.8. The molecule has 0 aromatic carbocycles. The van der Waals surface area contributed by atoms with Crippen LogP contribution in [0.25, 0.3) is 0 Å². The van der Waals surface area contributed by atoms with Gasteiger partial charge in [-0.3, -0.25) is 4.79 Å². The molecule has 4 nitrogen and oxygen atoms in total. The van der Waals surface area contributed by atoms with Crippen LogP contribution in [0.4, 0.5) is 0 Å². The zero-order valence-electron chi connectivity index (χ0n) is 12.3. The highest BCUT2D eigenvalue weighted by Gasteiger charge is 2.29. The van der Waals surface area contributed by atoms with Crippen molar-refractivity contribution in [3.8, 4) is 0 Å². The second-order valence-electron chi connectivity index (χ2n) is 5.83. The quantitative estimate of drug-likeness (QED) is 0.833. The van der Waals surface area contributed by atoms with Crippen molar-refractivity contribution in [3.05, 3.63) is 20.8 Å². The molecule has 0 aliphatic carbocycles. The Kier molecular flexibility index (Phi) is 5.77. The minimum absolute atomic E-state index is 0.0443. The van der Waals surface area contributed by atoms with Crippen LogP contribution in [0, 0.1) is 5.92 Å². The van der Waals surface area contributed by atoms with E-state index >= 15 is 0 Å². The summed E-state index contributed by atoms with van der Waals surface area (Å²) >= 11 is 4.64. The van der Waals surface area contributed by atoms with Crippen LogP contribution in [0.5, 0.6) is 0 Å². The highest BCUT2D eigenvalue weighted by atomic mass is 79.9. The number of hydrogen-bond donors (Lipinski definition) is 1. The number of nitrogens with one attached hydrogen (secondary N) is 1. The largest absolute Gasteiger partial charge is 0.458 e. The predicted molar refractivity (Wildman–Crippen MR) is 84.0 cm³/mol. The van der Waals surface area contributed by atoms with Crippen molar-refractivity contribution in [1.29, 1.82) is 0 Å². The average molecular weight is 362 g/mol. The summed E-state index contributed by atoms with van der Waals surface area (Å²) in [6.45, 7) is 9.17. The standard InChI is InChI=1S/C14H20BrNO3S/c1-8(2)11(13(18)19-14(3,4)5)16-12(17)9-6-7-10(15)20-9/h6-8,11H,1-5H3,(H,16,17)/t11-/m0/s1. The SMILES string of the molecule is CC(C)[C@H](NC(=O)c1ccc(Br)s1)C(=O)OC(C)(C)C. The minimum Gasteiger partial charge on any atom is -0.458 e. The van der Waals surface area contributed by atoms with Gasteiger partial charge in [0, 0.05) is 0 Å². The summed E-state index contributed by atoms with van der Waals surface area (Å²) in [5.74, 6) is -0.709. The normalized spacial score (nSPS) is 13.2. The van der Waals surface area contributed by atoms with E-state index < -0.39 is 17.6 Å². The lowest BCUT2D eigenvalue weighted by Gasteiger charge is -2.26. The zero-order valence-corrected chi connectivity index (χ0v) is 14.7. The van der Waals surface area contributed by atoms with Gasteiger partial charge < -0.3 is 10.1 Å². The second-order valence-corrected chi connectivity index (χ2v) is 8.30. The molecule has 0 saturated carbocycles. The maximum atomic E-state index is 12.1. The van der Waals surface area contributed by atoms with Crippen LogP contribution >= 0.6 is 27.3 Å². The number of amides is 1. The van der Waals surface area contributed by atoms with Crippen LogP contribution in [0.1, 0.15) is 44.3 Å². The molecule has 0 unspecified atom stereocenters. The van der Waals surface area contributed by atoms with E-state index in [0.29, 0.717) is 4.88 Å². The highest BCUT2D eigenvalue weighted by Crippen LogP contribution is 2.22. The Bertz CT molecular complexity index is 491. The lowest BCUT2D eigenvalue weighted by molar-refractivity contribution is -0.158. The number of rotatable bonds is 4. The summed E-state index contributed by atoms with van der Waals surface area (Å²) in [5.41, 5.74) is -0.569. The van der Waals surface area contributed by atoms with Crippen molar-refractivity contribution in [1.82, 2.24) is 5.32 Å². The van der Waals surface area contributed by atoms with Crippen molar-refractivity contribution >= 4 is 39.1 Å². The fourth-order valence-electron chi connectivity index (χ4n) is 1.51. The Balaban J connectivity index is 2.77. The van der Waals surface area contributed by atoms with Crippen molar-refractivity contribution in [2.75, 3.05) is 0 Å². The molecule has 0 bridgehead atoms. The molecule has 0 fully saturated rings. The summed E-state index contributed by atoms with van der Waals surface area (Å²) < 4.78 is 6.22. The van der Waals surface area contributed by atoms with Gasteiger partial charge in [0.05, 0.1) is 8.66 Å². The molecule has 1 atom stereocenters. The number of hydrogen-bond acceptors (Lipinski definition) is 4. The van der Waals surface area contributed by atoms with E-state index in [4.69, 9.17) is 4.74 Å². The molecule has 0 aliphatic heterocycles. The Morgan fingerprint density at radius 3 is 2.30 bits per heavy atom. The lowest BCUT2D eigenvalue weighted by Crippen LogP contribution is -2.47. The van der Waals surface area contributed by atoms with Gasteiger partial charge in [-0.25, -0.2) is 4.79 Å². The molecule has 20 heavy (non-hydrogen) atoms. The van der Waals surface area contributed by atoms with Gasteiger partial charge in [-0.15, -0.1) is 11.3 Å². The number of ether oxygens (including phenoxy) is 1. The molecule has 0 radical (unpaired) electrons. The molecule has 1 aromatic rings. The first-order chi connectivity index (χ1) is 9.10. The number of esters is 1. The smallest absolute Gasteiger partial charge is 0.329 e. The molecule has 1 N–H and O–H groups in total. The third kappa shape index (κ3) is 5.25. The maximum absolute atomic E-state index is 12.1. The van der Waals surface area contributed by atoms with Gasteiger partial charge in [0.2, 0.25) is 0 Å². The fraction of sp³-hybridized carbons (Fsp3) is 0.571. The van der Waals surface area contributed by atoms with Gasteiger partial charge in [-0.2, -0.15) is 0 Å². The number of thiophene rings is 1. The Morgan fingerprint density at radius 2 is 1.90 bits per heavy atom. The zero-order chi connectivity index (χ0) is 15.5. The second kappa shape index (κ2) is 6.72. The minimum atomic E-state index is -0.650. The van der Waals surface area contributed by atoms with Gasteiger partial charge in [0.25, 0.3) is 5.91 Å². The first-order valence-corrected chi connectivity index (χ1v) is 8.00. The van der Waals surface area contributed by atoms with E-state index in [-0.39, 0.29) is 11.8 Å². The molecule has 1 amide bonds. The predicted octanol–water partition coefficient (Wildman–Crippen LogP) is 3.61. The van der Waals surface area contributed by atoms with Crippen molar-refractivity contribution in [3.63, 3.8) is 0 Å². The molecule has 6 heteroatoms. The molecule has 1 aromatic heterocycles. The van der Waals surface area contributed by atoms with Gasteiger partial charge in [-0.1, -0.05) is 13.8 Å². The van der Waals surface area contributed by atoms with Crippen molar-refractivity contribution in [2.45, 2.75) is 46.3 Å². The van der Waals surface area contributed by atoms with E-state index in [0.717, 1.165) is 3.79 Å². The van der Waals surface area contributed by atoms with Crippen LogP contribution in [0.2, 0.25) is 0 Å². The van der Waals surface area contributed by atoms with Gasteiger partial charge in [-0.05, 0) is 54.8 Å². The van der Waals surface area contributed by atoms with Crippen LogP contribution in [0.3, 0.4) is 0 Å². The summed E-state index contributed by atoms with van der Waals surface area (Å²) in [7, 11) is 0. The van der Waals surface area contributed by atoms with Gasteiger partial charge in [0.1, 0.15) is 11.6 Å². The van der Waals surface area contributed by atoms with Crippen LogP contribution in [0.15, 0.2) is 15.9 Å². The number of carbonyl (C=O) groups is 2. The molecule has 1 heterocycles. The Hall–Kier alpha value is -0.880. The van der Waals surface area contributed by atoms with E-state index in [1.165, 1.54) is 11.3 Å². The van der Waals surface area contributed by atoms with E-state index in [1.807, 2.05) is 13.8 Å². The summed E-state index contributed by atoms with van der Waals surface area (Å²) in [6, 6.07) is 2.87. The van der Waals surface area contributed by atoms with Crippen LogP contribution in [-0.2, 0) is 9.53 Å². The first kappa shape index (κ1) is 17.2. The monoisotopic (exact) mass is 361 g/mol. The Morgan fingerprint density at radius 1 is 1.30 bits per heavy atom. The van der Waals surface area contributed by atoms with Crippen LogP contribution in [-0.4, -0.2) is 23.5 Å². The van der Waals surface area contributed by atoms with E-state index in [9.17, 15) is 9.59 Å². The summed E-state index contributed by atoms with van der Waals surface area (Å²) in [5, 5.41) is 2.74. The molecular formula is C14H20BrNO3S. The van der Waals surface area contributed by atoms with Crippen LogP contribution < -0.4 is 5.32 Å². The molecule has 0 aliphatic rings. The maximum Gasteiger partial charge on any atom is 0.329 e. The number of carbonyl (C=O) groups excluding carboxylic acids is 2. The fourth-order valence-corrected chi connectivity index (χ4v) is 2.80. The van der Waals surface area contributed by atoms with Crippen molar-refractivity contribution in [2.24, 2.45) is 5.92 Å². The highest BCUT2D eigenvalue weighted by molar-refractivity contribution is 9.11. The average Bonchev–Trinajstić information content (AvgIpc) is 2.69. The molecule has 0 saturated heterocycles. The lowest BCUT2D eigenvalue weighted by atomic mass is 10.0. The van der Waals surface area contributed by atoms with E-state index in [2.05, 4.69) is 21.2 Å². The van der Waals surface area contributed by atoms with Gasteiger partial charge >= 0.3 is 5.97 Å². The number of halogens is 1. The molecule has 0 spiro atoms. The Labute approximate surface area is 132 Å².